The van der Waals surface area contributed by atoms with Gasteiger partial charge in [-0.2, -0.15) is 15.6 Å². The Hall–Kier alpha value is -1.15. The second-order valence-electron chi connectivity index (χ2n) is 4.95. The lowest BCUT2D eigenvalue weighted by Gasteiger charge is -2.17. The Bertz CT molecular complexity index is 703. The lowest BCUT2D eigenvalue weighted by molar-refractivity contribution is 0.459. The first-order valence-electron chi connectivity index (χ1n) is 6.58. The fourth-order valence-electron chi connectivity index (χ4n) is 2.31. The smallest absolute Gasteiger partial charge is 0.246 e. The van der Waals surface area contributed by atoms with Crippen LogP contribution >= 0.6 is 11.3 Å². The van der Waals surface area contributed by atoms with Crippen LogP contribution in [0, 0.1) is 13.8 Å². The van der Waals surface area contributed by atoms with Gasteiger partial charge in [-0.05, 0) is 43.3 Å². The van der Waals surface area contributed by atoms with E-state index in [1.54, 1.807) is 39.3 Å². The predicted octanol–water partition coefficient (Wildman–Crippen LogP) is 2.50. The standard InChI is InChI=1S/C14H20N2O3S2/c1-10-13(7-15-3)14(11(2)19-10)21(17,18)16(4)8-12-5-6-20-9-12/h5-6,9,15H,7-8H2,1-4H3. The highest BCUT2D eigenvalue weighted by atomic mass is 32.2. The van der Waals surface area contributed by atoms with E-state index in [4.69, 9.17) is 4.42 Å². The SMILES string of the molecule is CNCc1c(C)oc(C)c1S(=O)(=O)N(C)Cc1ccsc1. The highest BCUT2D eigenvalue weighted by molar-refractivity contribution is 7.89. The lowest BCUT2D eigenvalue weighted by Crippen LogP contribution is -2.28. The molecule has 0 bridgehead atoms. The zero-order valence-electron chi connectivity index (χ0n) is 12.6. The summed E-state index contributed by atoms with van der Waals surface area (Å²) in [7, 11) is -0.193. The number of nitrogens with one attached hydrogen (secondary N) is 1. The van der Waals surface area contributed by atoms with Crippen molar-refractivity contribution in [1.29, 1.82) is 0 Å². The van der Waals surface area contributed by atoms with Crippen molar-refractivity contribution in [2.75, 3.05) is 14.1 Å². The largest absolute Gasteiger partial charge is 0.465 e. The van der Waals surface area contributed by atoms with E-state index in [1.807, 2.05) is 16.8 Å². The number of aryl methyl sites for hydroxylation is 2. The molecule has 0 radical (unpaired) electrons. The summed E-state index contributed by atoms with van der Waals surface area (Å²) in [4.78, 5) is 0.284. The van der Waals surface area contributed by atoms with Crippen molar-refractivity contribution in [3.63, 3.8) is 0 Å². The Morgan fingerprint density at radius 3 is 2.62 bits per heavy atom. The summed E-state index contributed by atoms with van der Waals surface area (Å²) in [5, 5.41) is 6.89. The van der Waals surface area contributed by atoms with Crippen molar-refractivity contribution in [2.24, 2.45) is 0 Å². The molecule has 0 amide bonds. The fraction of sp³-hybridized carbons (Fsp3) is 0.429. The number of furan rings is 1. The molecular weight excluding hydrogens is 308 g/mol. The quantitative estimate of drug-likeness (QED) is 0.885. The number of hydrogen-bond donors (Lipinski definition) is 1. The van der Waals surface area contributed by atoms with Gasteiger partial charge < -0.3 is 9.73 Å². The van der Waals surface area contributed by atoms with Gasteiger partial charge in [-0.15, -0.1) is 0 Å². The van der Waals surface area contributed by atoms with E-state index in [-0.39, 0.29) is 4.90 Å². The van der Waals surface area contributed by atoms with Gasteiger partial charge in [0, 0.05) is 25.7 Å². The van der Waals surface area contributed by atoms with Crippen LogP contribution in [0.15, 0.2) is 26.1 Å². The van der Waals surface area contributed by atoms with E-state index in [1.165, 1.54) is 4.31 Å². The van der Waals surface area contributed by atoms with Gasteiger partial charge in [-0.1, -0.05) is 0 Å². The van der Waals surface area contributed by atoms with Crippen molar-refractivity contribution in [1.82, 2.24) is 9.62 Å². The molecule has 2 aromatic rings. The fourth-order valence-corrected chi connectivity index (χ4v) is 4.53. The Balaban J connectivity index is 2.39. The summed E-state index contributed by atoms with van der Waals surface area (Å²) in [6.45, 7) is 4.30. The Morgan fingerprint density at radius 2 is 2.05 bits per heavy atom. The van der Waals surface area contributed by atoms with E-state index in [2.05, 4.69) is 5.32 Å². The predicted molar refractivity (Wildman–Crippen MR) is 83.9 cm³/mol. The van der Waals surface area contributed by atoms with Crippen LogP contribution in [0.3, 0.4) is 0 Å². The van der Waals surface area contributed by atoms with Gasteiger partial charge in [0.15, 0.2) is 0 Å². The van der Waals surface area contributed by atoms with Crippen molar-refractivity contribution in [3.05, 3.63) is 39.5 Å². The molecule has 0 atom stereocenters. The van der Waals surface area contributed by atoms with Crippen molar-refractivity contribution >= 4 is 21.4 Å². The molecule has 2 heterocycles. The molecule has 0 spiro atoms. The van der Waals surface area contributed by atoms with Crippen LogP contribution in [0.4, 0.5) is 0 Å². The van der Waals surface area contributed by atoms with Gasteiger partial charge in [0.1, 0.15) is 16.4 Å². The van der Waals surface area contributed by atoms with Crippen molar-refractivity contribution < 1.29 is 12.8 Å². The first kappa shape index (κ1) is 16.2. The maximum atomic E-state index is 12.8. The zero-order valence-corrected chi connectivity index (χ0v) is 14.3. The molecule has 0 saturated heterocycles. The minimum atomic E-state index is -3.57. The lowest BCUT2D eigenvalue weighted by atomic mass is 10.2. The summed E-state index contributed by atoms with van der Waals surface area (Å²) < 4.78 is 32.6. The third-order valence-electron chi connectivity index (χ3n) is 3.33. The molecule has 1 N–H and O–H groups in total. The molecule has 0 unspecified atom stereocenters. The van der Waals surface area contributed by atoms with Crippen molar-refractivity contribution in [3.8, 4) is 0 Å². The molecule has 0 aliphatic heterocycles. The van der Waals surface area contributed by atoms with Gasteiger partial charge in [0.2, 0.25) is 10.0 Å². The molecule has 0 saturated carbocycles. The third-order valence-corrected chi connectivity index (χ3v) is 6.06. The molecule has 7 heteroatoms. The van der Waals surface area contributed by atoms with E-state index in [0.717, 1.165) is 5.56 Å². The number of sulfonamides is 1. The van der Waals surface area contributed by atoms with Gasteiger partial charge in [0.25, 0.3) is 0 Å². The number of rotatable bonds is 6. The van der Waals surface area contributed by atoms with Crippen LogP contribution in [0.1, 0.15) is 22.6 Å². The molecule has 0 aliphatic rings. The Morgan fingerprint density at radius 1 is 1.33 bits per heavy atom. The average Bonchev–Trinajstić information content (AvgIpc) is 2.99. The summed E-state index contributed by atoms with van der Waals surface area (Å²) in [5.74, 6) is 1.08. The topological polar surface area (TPSA) is 62.6 Å². The molecule has 116 valence electrons. The van der Waals surface area contributed by atoms with Crippen LogP contribution in [-0.4, -0.2) is 26.8 Å². The second kappa shape index (κ2) is 6.31. The average molecular weight is 328 g/mol. The Labute approximate surface area is 129 Å². The molecule has 0 fully saturated rings. The number of thiophene rings is 1. The summed E-state index contributed by atoms with van der Waals surface area (Å²) in [6.07, 6.45) is 0. The highest BCUT2D eigenvalue weighted by Gasteiger charge is 2.30. The highest BCUT2D eigenvalue weighted by Crippen LogP contribution is 2.29. The zero-order chi connectivity index (χ0) is 15.6. The molecule has 2 rings (SSSR count). The van der Waals surface area contributed by atoms with Crippen LogP contribution in [0.5, 0.6) is 0 Å². The van der Waals surface area contributed by atoms with E-state index in [0.29, 0.717) is 30.2 Å². The molecule has 0 aliphatic carbocycles. The minimum Gasteiger partial charge on any atom is -0.465 e. The summed E-state index contributed by atoms with van der Waals surface area (Å²) >= 11 is 1.56. The second-order valence-corrected chi connectivity index (χ2v) is 7.71. The third kappa shape index (κ3) is 3.21. The van der Waals surface area contributed by atoms with E-state index >= 15 is 0 Å². The molecule has 21 heavy (non-hydrogen) atoms. The molecule has 0 aromatic carbocycles. The van der Waals surface area contributed by atoms with Crippen LogP contribution in [0.25, 0.3) is 0 Å². The minimum absolute atomic E-state index is 0.284. The first-order chi connectivity index (χ1) is 9.87. The monoisotopic (exact) mass is 328 g/mol. The molecular formula is C14H20N2O3S2. The van der Waals surface area contributed by atoms with Crippen LogP contribution < -0.4 is 5.32 Å². The van der Waals surface area contributed by atoms with Gasteiger partial charge in [-0.3, -0.25) is 0 Å². The number of hydrogen-bond acceptors (Lipinski definition) is 5. The summed E-state index contributed by atoms with van der Waals surface area (Å²) in [5.41, 5.74) is 1.69. The maximum Gasteiger partial charge on any atom is 0.246 e. The number of nitrogens with zero attached hydrogens (tertiary/aromatic N) is 1. The van der Waals surface area contributed by atoms with Gasteiger partial charge in [0.05, 0.1) is 0 Å². The van der Waals surface area contributed by atoms with E-state index < -0.39 is 10.0 Å². The molecule has 5 nitrogen and oxygen atoms in total. The Kier molecular flexibility index (Phi) is 4.88. The van der Waals surface area contributed by atoms with Crippen LogP contribution in [-0.2, 0) is 23.1 Å². The maximum absolute atomic E-state index is 12.8. The molecule has 2 aromatic heterocycles. The van der Waals surface area contributed by atoms with Crippen LogP contribution in [0.2, 0.25) is 0 Å². The van der Waals surface area contributed by atoms with Gasteiger partial charge >= 0.3 is 0 Å². The summed E-state index contributed by atoms with van der Waals surface area (Å²) in [6, 6.07) is 1.93. The first-order valence-corrected chi connectivity index (χ1v) is 8.97. The van der Waals surface area contributed by atoms with Crippen molar-refractivity contribution in [2.45, 2.75) is 31.8 Å². The normalized spacial score (nSPS) is 12.2. The van der Waals surface area contributed by atoms with E-state index in [9.17, 15) is 8.42 Å². The van der Waals surface area contributed by atoms with Gasteiger partial charge in [-0.25, -0.2) is 8.42 Å².